The Kier molecular flexibility index (Phi) is 6.72. The molecule has 0 fully saturated rings. The lowest BCUT2D eigenvalue weighted by molar-refractivity contribution is 0.102. The number of anilines is 2. The minimum absolute atomic E-state index is 0.0439. The zero-order valence-electron chi connectivity index (χ0n) is 17.5. The zero-order chi connectivity index (χ0) is 22.6. The van der Waals surface area contributed by atoms with E-state index in [1.54, 1.807) is 30.3 Å². The van der Waals surface area contributed by atoms with Gasteiger partial charge in [0, 0.05) is 25.3 Å². The summed E-state index contributed by atoms with van der Waals surface area (Å²) >= 11 is 0. The molecule has 0 saturated heterocycles. The monoisotopic (exact) mass is 441 g/mol. The fourth-order valence-electron chi connectivity index (χ4n) is 2.98. The summed E-state index contributed by atoms with van der Waals surface area (Å²) in [7, 11) is -1.16. The maximum Gasteiger partial charge on any atom is 0.303 e. The molecule has 6 nitrogen and oxygen atoms in total. The van der Waals surface area contributed by atoms with Gasteiger partial charge in [-0.1, -0.05) is 42.5 Å². The van der Waals surface area contributed by atoms with E-state index in [-0.39, 0.29) is 18.1 Å². The lowest BCUT2D eigenvalue weighted by Crippen LogP contribution is -2.40. The molecule has 0 aromatic heterocycles. The molecule has 0 atom stereocenters. The molecule has 0 saturated carbocycles. The molecule has 0 bridgehead atoms. The second-order valence-corrected chi connectivity index (χ2v) is 9.28. The molecule has 8 heteroatoms. The second kappa shape index (κ2) is 9.28. The minimum Gasteiger partial charge on any atom is -0.322 e. The van der Waals surface area contributed by atoms with Gasteiger partial charge in [0.25, 0.3) is 5.91 Å². The fourth-order valence-corrected chi connectivity index (χ4v) is 4.08. The van der Waals surface area contributed by atoms with Gasteiger partial charge < -0.3 is 5.32 Å². The van der Waals surface area contributed by atoms with Crippen LogP contribution in [0, 0.1) is 12.7 Å². The van der Waals surface area contributed by atoms with Crippen molar-refractivity contribution in [3.63, 3.8) is 0 Å². The Labute approximate surface area is 182 Å². The molecule has 31 heavy (non-hydrogen) atoms. The van der Waals surface area contributed by atoms with Crippen molar-refractivity contribution in [2.45, 2.75) is 13.5 Å². The third-order valence-electron chi connectivity index (χ3n) is 4.80. The summed E-state index contributed by atoms with van der Waals surface area (Å²) in [6.45, 7) is 1.82. The Bertz CT molecular complexity index is 1180. The van der Waals surface area contributed by atoms with E-state index >= 15 is 0 Å². The highest BCUT2D eigenvalue weighted by molar-refractivity contribution is 7.90. The Morgan fingerprint density at radius 2 is 1.55 bits per heavy atom. The number of carbonyl (C=O) groups excluding carboxylic acids is 1. The van der Waals surface area contributed by atoms with Gasteiger partial charge in [0.05, 0.1) is 12.2 Å². The smallest absolute Gasteiger partial charge is 0.303 e. The van der Waals surface area contributed by atoms with Gasteiger partial charge in [0.1, 0.15) is 5.82 Å². The third-order valence-corrected chi connectivity index (χ3v) is 6.60. The molecule has 0 aliphatic rings. The SMILES string of the molecule is Cc1ccccc1NC(=O)c1ccc(CN(c2ccccc2F)S(=O)(=O)N(C)C)cc1. The first-order valence-corrected chi connectivity index (χ1v) is 11.0. The van der Waals surface area contributed by atoms with Crippen molar-refractivity contribution >= 4 is 27.5 Å². The molecule has 1 amide bonds. The highest BCUT2D eigenvalue weighted by Crippen LogP contribution is 2.25. The number of carbonyl (C=O) groups is 1. The second-order valence-electron chi connectivity index (χ2n) is 7.21. The van der Waals surface area contributed by atoms with Crippen LogP contribution in [0.25, 0.3) is 0 Å². The minimum atomic E-state index is -3.94. The average molecular weight is 442 g/mol. The molecule has 0 aliphatic heterocycles. The number of rotatable bonds is 7. The maximum absolute atomic E-state index is 14.4. The van der Waals surface area contributed by atoms with Crippen molar-refractivity contribution in [1.29, 1.82) is 0 Å². The quantitative estimate of drug-likeness (QED) is 0.597. The van der Waals surface area contributed by atoms with Gasteiger partial charge in [-0.15, -0.1) is 0 Å². The van der Waals surface area contributed by atoms with Gasteiger partial charge >= 0.3 is 10.2 Å². The van der Waals surface area contributed by atoms with Crippen LogP contribution in [-0.2, 0) is 16.8 Å². The highest BCUT2D eigenvalue weighted by atomic mass is 32.2. The lowest BCUT2D eigenvalue weighted by atomic mass is 10.1. The number of hydrogen-bond donors (Lipinski definition) is 1. The zero-order valence-corrected chi connectivity index (χ0v) is 18.4. The van der Waals surface area contributed by atoms with Crippen molar-refractivity contribution in [2.75, 3.05) is 23.7 Å². The molecule has 1 N–H and O–H groups in total. The van der Waals surface area contributed by atoms with Gasteiger partial charge in [-0.25, -0.2) is 4.39 Å². The topological polar surface area (TPSA) is 69.7 Å². The van der Waals surface area contributed by atoms with Crippen LogP contribution in [0.3, 0.4) is 0 Å². The van der Waals surface area contributed by atoms with E-state index in [2.05, 4.69) is 5.32 Å². The van der Waals surface area contributed by atoms with E-state index in [1.807, 2.05) is 31.2 Å². The van der Waals surface area contributed by atoms with Crippen molar-refractivity contribution in [2.24, 2.45) is 0 Å². The maximum atomic E-state index is 14.4. The number of benzene rings is 3. The number of amides is 1. The van der Waals surface area contributed by atoms with Crippen LogP contribution in [0.2, 0.25) is 0 Å². The molecule has 3 aromatic rings. The Morgan fingerprint density at radius 1 is 0.935 bits per heavy atom. The van der Waals surface area contributed by atoms with Crippen molar-refractivity contribution in [1.82, 2.24) is 4.31 Å². The Morgan fingerprint density at radius 3 is 2.16 bits per heavy atom. The first-order chi connectivity index (χ1) is 14.7. The average Bonchev–Trinajstić information content (AvgIpc) is 2.74. The van der Waals surface area contributed by atoms with E-state index in [1.165, 1.54) is 32.3 Å². The normalized spacial score (nSPS) is 11.4. The molecular formula is C23H24FN3O3S. The van der Waals surface area contributed by atoms with E-state index < -0.39 is 16.0 Å². The lowest BCUT2D eigenvalue weighted by Gasteiger charge is -2.27. The molecule has 162 valence electrons. The molecule has 0 radical (unpaired) electrons. The molecular weight excluding hydrogens is 417 g/mol. The number of halogens is 1. The van der Waals surface area contributed by atoms with E-state index in [0.717, 1.165) is 19.9 Å². The first-order valence-electron chi connectivity index (χ1n) is 9.61. The van der Waals surface area contributed by atoms with Crippen LogP contribution in [0.15, 0.2) is 72.8 Å². The summed E-state index contributed by atoms with van der Waals surface area (Å²) in [6.07, 6.45) is 0. The first kappa shape index (κ1) is 22.5. The van der Waals surface area contributed by atoms with Gasteiger partial charge in [-0.05, 0) is 48.4 Å². The van der Waals surface area contributed by atoms with Gasteiger partial charge in [0.2, 0.25) is 0 Å². The van der Waals surface area contributed by atoms with Crippen LogP contribution < -0.4 is 9.62 Å². The van der Waals surface area contributed by atoms with Gasteiger partial charge in [-0.3, -0.25) is 9.10 Å². The molecule has 3 aromatic carbocycles. The summed E-state index contributed by atoms with van der Waals surface area (Å²) in [5.41, 5.74) is 2.67. The van der Waals surface area contributed by atoms with Crippen LogP contribution in [0.4, 0.5) is 15.8 Å². The molecule has 0 heterocycles. The number of nitrogens with one attached hydrogen (secondary N) is 1. The molecule has 3 rings (SSSR count). The fraction of sp³-hybridized carbons (Fsp3) is 0.174. The largest absolute Gasteiger partial charge is 0.322 e. The number of hydrogen-bond acceptors (Lipinski definition) is 3. The van der Waals surface area contributed by atoms with Crippen molar-refractivity contribution in [3.05, 3.63) is 95.3 Å². The molecule has 0 unspecified atom stereocenters. The molecule has 0 spiro atoms. The Balaban J connectivity index is 1.84. The van der Waals surface area contributed by atoms with Gasteiger partial charge in [0.15, 0.2) is 0 Å². The summed E-state index contributed by atoms with van der Waals surface area (Å²) < 4.78 is 42.0. The number of aryl methyl sites for hydroxylation is 1. The summed E-state index contributed by atoms with van der Waals surface area (Å²) in [4.78, 5) is 12.5. The van der Waals surface area contributed by atoms with Crippen LogP contribution in [-0.4, -0.2) is 32.7 Å². The van der Waals surface area contributed by atoms with E-state index in [9.17, 15) is 17.6 Å². The van der Waals surface area contributed by atoms with E-state index in [4.69, 9.17) is 0 Å². The predicted molar refractivity (Wildman–Crippen MR) is 121 cm³/mol. The highest BCUT2D eigenvalue weighted by Gasteiger charge is 2.27. The summed E-state index contributed by atoms with van der Waals surface area (Å²) in [5, 5.41) is 2.86. The van der Waals surface area contributed by atoms with Crippen LogP contribution in [0.1, 0.15) is 21.5 Å². The predicted octanol–water partition coefficient (Wildman–Crippen LogP) is 4.20. The third kappa shape index (κ3) is 5.10. The standard InChI is InChI=1S/C23H24FN3O3S/c1-17-8-4-6-10-21(17)25-23(28)19-14-12-18(13-15-19)16-27(31(29,30)26(2)3)22-11-7-5-9-20(22)24/h4-15H,16H2,1-3H3,(H,25,28). The summed E-state index contributed by atoms with van der Waals surface area (Å²) in [6, 6.07) is 19.7. The van der Waals surface area contributed by atoms with Crippen molar-refractivity contribution in [3.8, 4) is 0 Å². The molecule has 0 aliphatic carbocycles. The van der Waals surface area contributed by atoms with Crippen molar-refractivity contribution < 1.29 is 17.6 Å². The van der Waals surface area contributed by atoms with Gasteiger partial charge in [-0.2, -0.15) is 12.7 Å². The number of para-hydroxylation sites is 2. The summed E-state index contributed by atoms with van der Waals surface area (Å²) in [5.74, 6) is -0.908. The van der Waals surface area contributed by atoms with Crippen LogP contribution in [0.5, 0.6) is 0 Å². The van der Waals surface area contributed by atoms with E-state index in [0.29, 0.717) is 11.1 Å². The van der Waals surface area contributed by atoms with Crippen LogP contribution >= 0.6 is 0 Å². The number of nitrogens with zero attached hydrogens (tertiary/aromatic N) is 2. The Hall–Kier alpha value is -3.23.